The molecule has 0 radical (unpaired) electrons. The first-order chi connectivity index (χ1) is 17.5. The molecule has 38 heavy (non-hydrogen) atoms. The fourth-order valence-electron chi connectivity index (χ4n) is 2.76. The van der Waals surface area contributed by atoms with Crippen molar-refractivity contribution in [2.75, 3.05) is 11.9 Å². The van der Waals surface area contributed by atoms with E-state index in [9.17, 15) is 35.6 Å². The Bertz CT molecular complexity index is 1270. The highest BCUT2D eigenvalue weighted by molar-refractivity contribution is 7.88. The van der Waals surface area contributed by atoms with Crippen molar-refractivity contribution in [3.05, 3.63) is 53.0 Å². The molecule has 0 aliphatic rings. The summed E-state index contributed by atoms with van der Waals surface area (Å²) in [6.45, 7) is 5.49. The Balaban J connectivity index is 1.96. The summed E-state index contributed by atoms with van der Waals surface area (Å²) >= 11 is 0. The van der Waals surface area contributed by atoms with Gasteiger partial charge in [-0.15, -0.1) is 0 Å². The van der Waals surface area contributed by atoms with Gasteiger partial charge in [0.2, 0.25) is 5.88 Å². The third-order valence-electron chi connectivity index (χ3n) is 4.33. The van der Waals surface area contributed by atoms with Crippen LogP contribution < -0.4 is 24.8 Å². The van der Waals surface area contributed by atoms with Gasteiger partial charge in [0.1, 0.15) is 17.1 Å². The summed E-state index contributed by atoms with van der Waals surface area (Å²) in [5, 5.41) is 4.74. The zero-order valence-corrected chi connectivity index (χ0v) is 21.6. The van der Waals surface area contributed by atoms with Crippen molar-refractivity contribution in [2.24, 2.45) is 0 Å². The molecule has 11 nitrogen and oxygen atoms in total. The van der Waals surface area contributed by atoms with Crippen LogP contribution in [0.1, 0.15) is 44.5 Å². The summed E-state index contributed by atoms with van der Waals surface area (Å²) in [7, 11) is -4.35. The number of ether oxygens (including phenoxy) is 2. The van der Waals surface area contributed by atoms with E-state index in [4.69, 9.17) is 9.47 Å². The molecule has 1 aromatic heterocycles. The summed E-state index contributed by atoms with van der Waals surface area (Å²) < 4.78 is 90.6. The number of halogens is 4. The van der Waals surface area contributed by atoms with Crippen molar-refractivity contribution in [3.8, 4) is 5.88 Å². The van der Waals surface area contributed by atoms with Crippen molar-refractivity contribution in [3.63, 3.8) is 0 Å². The number of aromatic nitrogens is 1. The lowest BCUT2D eigenvalue weighted by atomic mass is 10.2. The zero-order valence-electron chi connectivity index (χ0n) is 20.8. The van der Waals surface area contributed by atoms with Crippen molar-refractivity contribution < 1.29 is 45.0 Å². The quantitative estimate of drug-likeness (QED) is 0.338. The molecule has 1 heterocycles. The Kier molecular flexibility index (Phi) is 9.86. The molecule has 0 saturated carbocycles. The van der Waals surface area contributed by atoms with E-state index in [2.05, 4.69) is 15.6 Å². The molecule has 1 aromatic carbocycles. The number of nitrogens with one attached hydrogen (secondary N) is 4. The number of alkyl halides is 3. The monoisotopic (exact) mass is 565 g/mol. The predicted molar refractivity (Wildman–Crippen MR) is 128 cm³/mol. The van der Waals surface area contributed by atoms with E-state index in [-0.39, 0.29) is 35.8 Å². The molecule has 4 N–H and O–H groups in total. The van der Waals surface area contributed by atoms with Gasteiger partial charge in [0.15, 0.2) is 0 Å². The second-order valence-electron chi connectivity index (χ2n) is 8.63. The third-order valence-corrected chi connectivity index (χ3v) is 5.29. The number of carbonyl (C=O) groups is 2. The van der Waals surface area contributed by atoms with Gasteiger partial charge >= 0.3 is 28.5 Å². The summed E-state index contributed by atoms with van der Waals surface area (Å²) in [4.78, 5) is 27.3. The normalized spacial score (nSPS) is 12.0. The maximum atomic E-state index is 14.4. The smallest absolute Gasteiger partial charge is 0.433 e. The number of pyridine rings is 1. The highest BCUT2D eigenvalue weighted by Crippen LogP contribution is 2.30. The van der Waals surface area contributed by atoms with Gasteiger partial charge in [-0.1, -0.05) is 6.07 Å². The van der Waals surface area contributed by atoms with Crippen LogP contribution in [0.3, 0.4) is 0 Å². The standard InChI is InChI=1S/C22H27F4N5O6S/c1-5-36-18-14(7-9-17(30-18)22(24,25)26)11-27-19(32)29-15-8-6-13(16(23)10-15)12-28-38(34,35)31-20(33)37-21(2,3)4/h6-10,28H,5,11-12H2,1-4H3,(H,31,33)(H2,27,29,32). The minimum absolute atomic E-state index is 0.00839. The number of hydrogen-bond donors (Lipinski definition) is 4. The van der Waals surface area contributed by atoms with Gasteiger partial charge in [-0.25, -0.2) is 23.7 Å². The second-order valence-corrected chi connectivity index (χ2v) is 10.1. The molecule has 0 saturated heterocycles. The van der Waals surface area contributed by atoms with Crippen molar-refractivity contribution in [2.45, 2.75) is 52.6 Å². The van der Waals surface area contributed by atoms with E-state index < -0.39 is 52.2 Å². The Hall–Kier alpha value is -3.66. The van der Waals surface area contributed by atoms with Crippen LogP contribution in [-0.4, -0.2) is 37.7 Å². The van der Waals surface area contributed by atoms with Gasteiger partial charge in [0.25, 0.3) is 0 Å². The van der Waals surface area contributed by atoms with Crippen LogP contribution in [0.2, 0.25) is 0 Å². The Labute approximate surface area is 216 Å². The Morgan fingerprint density at radius 3 is 2.26 bits per heavy atom. The molecule has 2 rings (SSSR count). The van der Waals surface area contributed by atoms with E-state index in [1.54, 1.807) is 32.4 Å². The van der Waals surface area contributed by atoms with Gasteiger partial charge in [0.05, 0.1) is 6.61 Å². The van der Waals surface area contributed by atoms with Gasteiger partial charge in [-0.3, -0.25) is 0 Å². The fourth-order valence-corrected chi connectivity index (χ4v) is 3.44. The maximum Gasteiger partial charge on any atom is 0.433 e. The predicted octanol–water partition coefficient (Wildman–Crippen LogP) is 3.82. The molecule has 0 aliphatic carbocycles. The molecule has 0 atom stereocenters. The number of rotatable bonds is 9. The zero-order chi connectivity index (χ0) is 28.7. The highest BCUT2D eigenvalue weighted by atomic mass is 32.2. The number of nitrogens with zero attached hydrogens (tertiary/aromatic N) is 1. The summed E-state index contributed by atoms with van der Waals surface area (Å²) in [6.07, 6.45) is -5.88. The van der Waals surface area contributed by atoms with Crippen LogP contribution in [0.5, 0.6) is 5.88 Å². The third kappa shape index (κ3) is 10.0. The number of urea groups is 1. The molecular weight excluding hydrogens is 538 g/mol. The minimum Gasteiger partial charge on any atom is -0.478 e. The maximum absolute atomic E-state index is 14.4. The summed E-state index contributed by atoms with van der Waals surface area (Å²) in [6, 6.07) is 4.49. The first-order valence-electron chi connectivity index (χ1n) is 11.0. The lowest BCUT2D eigenvalue weighted by Gasteiger charge is -2.19. The lowest BCUT2D eigenvalue weighted by Crippen LogP contribution is -2.42. The fraction of sp³-hybridized carbons (Fsp3) is 0.409. The number of carbonyl (C=O) groups excluding carboxylic acids is 2. The average molecular weight is 566 g/mol. The van der Waals surface area contributed by atoms with E-state index in [0.717, 1.165) is 18.2 Å². The average Bonchev–Trinajstić information content (AvgIpc) is 2.75. The molecular formula is C22H27F4N5O6S. The van der Waals surface area contributed by atoms with Crippen LogP contribution in [0.4, 0.5) is 32.8 Å². The summed E-state index contributed by atoms with van der Waals surface area (Å²) in [5.41, 5.74) is -1.98. The Morgan fingerprint density at radius 1 is 1.03 bits per heavy atom. The minimum atomic E-state index is -4.67. The molecule has 0 unspecified atom stereocenters. The number of amides is 3. The SMILES string of the molecule is CCOc1nc(C(F)(F)F)ccc1CNC(=O)Nc1ccc(CNS(=O)(=O)NC(=O)OC(C)(C)C)c(F)c1. The molecule has 0 spiro atoms. The second kappa shape index (κ2) is 12.3. The van der Waals surface area contributed by atoms with E-state index in [1.165, 1.54) is 12.1 Å². The molecule has 0 fully saturated rings. The van der Waals surface area contributed by atoms with Gasteiger partial charge in [-0.2, -0.15) is 26.3 Å². The molecule has 210 valence electrons. The van der Waals surface area contributed by atoms with E-state index in [1.807, 2.05) is 4.72 Å². The molecule has 0 bridgehead atoms. The Morgan fingerprint density at radius 2 is 1.68 bits per heavy atom. The van der Waals surface area contributed by atoms with Crippen molar-refractivity contribution in [1.29, 1.82) is 0 Å². The number of hydrogen-bond acceptors (Lipinski definition) is 7. The van der Waals surface area contributed by atoms with Gasteiger partial charge < -0.3 is 20.1 Å². The molecule has 16 heteroatoms. The van der Waals surface area contributed by atoms with Crippen LogP contribution in [0, 0.1) is 5.82 Å². The summed E-state index contributed by atoms with van der Waals surface area (Å²) in [5.74, 6) is -1.16. The number of benzene rings is 1. The van der Waals surface area contributed by atoms with Crippen molar-refractivity contribution in [1.82, 2.24) is 19.7 Å². The van der Waals surface area contributed by atoms with Gasteiger partial charge in [-0.05, 0) is 52.0 Å². The molecule has 2 aromatic rings. The van der Waals surface area contributed by atoms with E-state index >= 15 is 0 Å². The number of anilines is 1. The topological polar surface area (TPSA) is 148 Å². The van der Waals surface area contributed by atoms with Crippen LogP contribution in [-0.2, 0) is 34.2 Å². The van der Waals surface area contributed by atoms with E-state index in [0.29, 0.717) is 0 Å². The highest BCUT2D eigenvalue weighted by Gasteiger charge is 2.33. The molecule has 3 amide bonds. The van der Waals surface area contributed by atoms with Crippen molar-refractivity contribution >= 4 is 28.0 Å². The van der Waals surface area contributed by atoms with Crippen LogP contribution in [0.15, 0.2) is 30.3 Å². The first kappa shape index (κ1) is 30.6. The first-order valence-corrected chi connectivity index (χ1v) is 12.5. The lowest BCUT2D eigenvalue weighted by molar-refractivity contribution is -0.141. The van der Waals surface area contributed by atoms with Gasteiger partial charge in [0, 0.05) is 29.9 Å². The molecule has 0 aliphatic heterocycles. The van der Waals surface area contributed by atoms with Crippen LogP contribution >= 0.6 is 0 Å². The van der Waals surface area contributed by atoms with Crippen LogP contribution in [0.25, 0.3) is 0 Å². The largest absolute Gasteiger partial charge is 0.478 e.